The number of phenols is 1. The normalized spacial score (nSPS) is 23.8. The van der Waals surface area contributed by atoms with Gasteiger partial charge in [-0.3, -0.25) is 4.90 Å². The van der Waals surface area contributed by atoms with Crippen LogP contribution in [0.1, 0.15) is 48.9 Å². The fraction of sp³-hybridized carbons (Fsp3) is 0.341. The molecular weight excluding hydrogens is 665 g/mol. The third-order valence-electron chi connectivity index (χ3n) is 11.0. The van der Waals surface area contributed by atoms with Crippen molar-refractivity contribution >= 4 is 27.5 Å². The van der Waals surface area contributed by atoms with Crippen LogP contribution < -0.4 is 15.0 Å². The molecule has 9 rings (SSSR count). The summed E-state index contributed by atoms with van der Waals surface area (Å²) in [4.78, 5) is 18.7. The van der Waals surface area contributed by atoms with Gasteiger partial charge in [0, 0.05) is 54.7 Å². The van der Waals surface area contributed by atoms with E-state index in [4.69, 9.17) is 26.1 Å². The largest absolute Gasteiger partial charge is 0.508 e. The number of piperazine rings is 1. The Balaban J connectivity index is 1.29. The molecule has 262 valence electrons. The van der Waals surface area contributed by atoms with E-state index in [1.807, 2.05) is 30.3 Å². The molecule has 6 heterocycles. The Hall–Kier alpha value is -5.36. The number of hydrogen-bond acceptors (Lipinski definition) is 8. The number of alkyl halides is 1. The lowest BCUT2D eigenvalue weighted by molar-refractivity contribution is 0.107. The molecule has 0 saturated carbocycles. The van der Waals surface area contributed by atoms with Crippen LogP contribution in [0.25, 0.3) is 32.9 Å². The first-order valence-electron chi connectivity index (χ1n) is 17.7. The minimum Gasteiger partial charge on any atom is -0.508 e. The number of halogens is 3. The molecule has 4 aliphatic heterocycles. The highest BCUT2D eigenvalue weighted by Gasteiger charge is 2.49. The van der Waals surface area contributed by atoms with E-state index in [1.54, 1.807) is 0 Å². The summed E-state index contributed by atoms with van der Waals surface area (Å²) in [6.07, 6.45) is 8.94. The molecule has 11 heteroatoms. The number of nitrogens with zero attached hydrogens (tertiary/aromatic N) is 5. The number of aromatic hydroxyl groups is 1. The number of fused-ring (bicyclic) bond motifs is 5. The van der Waals surface area contributed by atoms with Crippen molar-refractivity contribution in [2.75, 3.05) is 37.7 Å². The van der Waals surface area contributed by atoms with Gasteiger partial charge in [0.1, 0.15) is 47.1 Å². The van der Waals surface area contributed by atoms with Crippen LogP contribution in [0.2, 0.25) is 0 Å². The summed E-state index contributed by atoms with van der Waals surface area (Å²) in [6, 6.07) is 15.2. The van der Waals surface area contributed by atoms with E-state index < -0.39 is 23.3 Å². The maximum Gasteiger partial charge on any atom is 0.319 e. The van der Waals surface area contributed by atoms with Crippen LogP contribution in [0.15, 0.2) is 54.6 Å². The number of aromatic nitrogens is 3. The Labute approximate surface area is 299 Å². The molecule has 2 N–H and O–H groups in total. The van der Waals surface area contributed by atoms with E-state index in [9.17, 15) is 9.50 Å². The molecule has 0 radical (unpaired) electrons. The van der Waals surface area contributed by atoms with E-state index in [0.29, 0.717) is 48.2 Å². The molecule has 4 atom stereocenters. The fourth-order valence-corrected chi connectivity index (χ4v) is 8.72. The maximum atomic E-state index is 17.4. The van der Waals surface area contributed by atoms with Crippen LogP contribution in [-0.2, 0) is 0 Å². The lowest BCUT2D eigenvalue weighted by Gasteiger charge is -2.35. The molecule has 5 aromatic rings. The molecule has 0 amide bonds. The Morgan fingerprint density at radius 3 is 2.58 bits per heavy atom. The van der Waals surface area contributed by atoms with E-state index >= 15 is 8.78 Å². The smallest absolute Gasteiger partial charge is 0.319 e. The molecule has 2 unspecified atom stereocenters. The molecule has 8 nitrogen and oxygen atoms in total. The van der Waals surface area contributed by atoms with Gasteiger partial charge < -0.3 is 20.1 Å². The average molecular weight is 701 g/mol. The number of rotatable bonds is 5. The first kappa shape index (κ1) is 32.5. The molecule has 4 fully saturated rings. The van der Waals surface area contributed by atoms with Gasteiger partial charge in [-0.25, -0.2) is 18.2 Å². The first-order chi connectivity index (χ1) is 25.3. The minimum atomic E-state index is -0.944. The van der Waals surface area contributed by atoms with Gasteiger partial charge in [0.05, 0.1) is 16.5 Å². The average Bonchev–Trinajstić information content (AvgIpc) is 3.80. The minimum absolute atomic E-state index is 0.0361. The van der Waals surface area contributed by atoms with Gasteiger partial charge >= 0.3 is 6.01 Å². The summed E-state index contributed by atoms with van der Waals surface area (Å²) >= 11 is 0. The topological polar surface area (TPSA) is 86.6 Å². The van der Waals surface area contributed by atoms with Crippen LogP contribution in [0, 0.1) is 35.8 Å². The van der Waals surface area contributed by atoms with Crippen molar-refractivity contribution in [1.29, 1.82) is 0 Å². The van der Waals surface area contributed by atoms with Gasteiger partial charge in [-0.05, 0) is 73.9 Å². The summed E-state index contributed by atoms with van der Waals surface area (Å²) in [5, 5.41) is 15.4. The zero-order valence-electron chi connectivity index (χ0n) is 28.3. The van der Waals surface area contributed by atoms with Crippen LogP contribution in [0.4, 0.5) is 19.0 Å². The van der Waals surface area contributed by atoms with E-state index in [1.165, 1.54) is 24.3 Å². The maximum absolute atomic E-state index is 17.4. The highest BCUT2D eigenvalue weighted by atomic mass is 19.1. The molecule has 52 heavy (non-hydrogen) atoms. The van der Waals surface area contributed by atoms with Crippen LogP contribution in [0.3, 0.4) is 0 Å². The predicted molar refractivity (Wildman–Crippen MR) is 193 cm³/mol. The van der Waals surface area contributed by atoms with Gasteiger partial charge in [0.2, 0.25) is 0 Å². The van der Waals surface area contributed by atoms with Gasteiger partial charge in [-0.1, -0.05) is 36.1 Å². The zero-order chi connectivity index (χ0) is 35.6. The Kier molecular flexibility index (Phi) is 7.94. The van der Waals surface area contributed by atoms with Crippen molar-refractivity contribution in [3.8, 4) is 47.2 Å². The molecule has 2 bridgehead atoms. The number of hydrogen-bond donors (Lipinski definition) is 2. The molecular formula is C41H35F3N6O2. The van der Waals surface area contributed by atoms with Crippen molar-refractivity contribution in [3.63, 3.8) is 0 Å². The predicted octanol–water partition coefficient (Wildman–Crippen LogP) is 6.11. The summed E-state index contributed by atoms with van der Waals surface area (Å²) < 4.78 is 53.6. The second kappa shape index (κ2) is 12.7. The van der Waals surface area contributed by atoms with Gasteiger partial charge in [0.25, 0.3) is 0 Å². The Bertz CT molecular complexity index is 2340. The molecule has 2 aromatic heterocycles. The van der Waals surface area contributed by atoms with Crippen molar-refractivity contribution in [2.45, 2.75) is 55.9 Å². The highest BCUT2D eigenvalue weighted by Crippen LogP contribution is 2.42. The second-order valence-corrected chi connectivity index (χ2v) is 14.4. The van der Waals surface area contributed by atoms with Crippen molar-refractivity contribution in [2.24, 2.45) is 0 Å². The highest BCUT2D eigenvalue weighted by molar-refractivity contribution is 6.04. The third-order valence-corrected chi connectivity index (χ3v) is 11.0. The van der Waals surface area contributed by atoms with E-state index in [0.717, 1.165) is 32.2 Å². The summed E-state index contributed by atoms with van der Waals surface area (Å²) in [6.45, 7) is 2.57. The molecule has 0 spiro atoms. The van der Waals surface area contributed by atoms with Gasteiger partial charge in [-0.2, -0.15) is 9.97 Å². The third kappa shape index (κ3) is 5.56. The first-order valence-corrected chi connectivity index (χ1v) is 17.7. The summed E-state index contributed by atoms with van der Waals surface area (Å²) in [7, 11) is 0. The SMILES string of the molecule is C#Cc1c(F)ccc2cc(O)cc(-c3nc(C#Cc4ccccc4)c4c(N5CC6CCC(C5)N6)nc(OC[C@@]56CCCN5C[C@H](F)C6)nc4c3F)c12. The van der Waals surface area contributed by atoms with Crippen molar-refractivity contribution in [3.05, 3.63) is 83.1 Å². The quantitative estimate of drug-likeness (QED) is 0.213. The zero-order valence-corrected chi connectivity index (χ0v) is 28.3. The molecule has 3 aromatic carbocycles. The second-order valence-electron chi connectivity index (χ2n) is 14.4. The summed E-state index contributed by atoms with van der Waals surface area (Å²) in [5.74, 6) is 7.52. The fourth-order valence-electron chi connectivity index (χ4n) is 8.72. The Morgan fingerprint density at radius 2 is 1.79 bits per heavy atom. The van der Waals surface area contributed by atoms with Crippen LogP contribution >= 0.6 is 0 Å². The number of terminal acetylenes is 1. The van der Waals surface area contributed by atoms with Crippen LogP contribution in [-0.4, -0.2) is 81.5 Å². The summed E-state index contributed by atoms with van der Waals surface area (Å²) in [5.41, 5.74) is 0.157. The Morgan fingerprint density at radius 1 is 0.981 bits per heavy atom. The van der Waals surface area contributed by atoms with Crippen molar-refractivity contribution < 1.29 is 23.0 Å². The van der Waals surface area contributed by atoms with E-state index in [-0.39, 0.29) is 63.9 Å². The molecule has 4 aliphatic rings. The number of benzene rings is 3. The number of pyridine rings is 1. The van der Waals surface area contributed by atoms with Crippen LogP contribution in [0.5, 0.6) is 11.8 Å². The molecule has 4 saturated heterocycles. The standard InChI is InChI=1S/C41H35F3N6O2/c1-2-30-32(43)13-10-25-17-29(51)18-31(34(25)30)37-36(44)38-35(33(46-37)14-9-24-7-4-3-5-8-24)39(49-21-27-11-12-28(22-49)45-27)48-40(47-38)52-23-41-15-6-16-50(41)20-26(42)19-41/h1,3-5,7-8,10,13,17-18,26-28,45,51H,6,11-12,15-16,19-23H2/t26-,27?,28?,41+/m1/s1. The van der Waals surface area contributed by atoms with Crippen molar-refractivity contribution in [1.82, 2.24) is 25.2 Å². The number of nitrogens with one attached hydrogen (secondary N) is 1. The number of ether oxygens (including phenoxy) is 1. The lowest BCUT2D eigenvalue weighted by Crippen LogP contribution is -2.51. The number of anilines is 1. The monoisotopic (exact) mass is 700 g/mol. The van der Waals surface area contributed by atoms with Gasteiger partial charge in [0.15, 0.2) is 5.82 Å². The van der Waals surface area contributed by atoms with E-state index in [2.05, 4.69) is 32.9 Å². The molecule has 0 aliphatic carbocycles. The lowest BCUT2D eigenvalue weighted by atomic mass is 9.95. The van der Waals surface area contributed by atoms with Gasteiger partial charge in [-0.15, -0.1) is 6.42 Å². The number of phenolic OH excluding ortho intramolecular Hbond substituents is 1.